The van der Waals surface area contributed by atoms with E-state index in [0.717, 1.165) is 12.1 Å². The number of primary amides is 1. The summed E-state index contributed by atoms with van der Waals surface area (Å²) in [6.45, 7) is 3.05. The molecule has 28 heavy (non-hydrogen) atoms. The second-order valence-electron chi connectivity index (χ2n) is 7.40. The molecule has 1 aliphatic rings. The van der Waals surface area contributed by atoms with E-state index in [4.69, 9.17) is 10.5 Å². The SMILES string of the molecule is Cc1ccc(C(=O)N2CCCC(COc3ccc(F)cc3)(CC(N)=O)C2)cn1. The number of ether oxygens (including phenoxy) is 1. The third kappa shape index (κ3) is 4.85. The van der Waals surface area contributed by atoms with Gasteiger partial charge in [-0.25, -0.2) is 4.39 Å². The number of piperidine rings is 1. The first kappa shape index (κ1) is 19.8. The van der Waals surface area contributed by atoms with Crippen molar-refractivity contribution in [1.82, 2.24) is 9.88 Å². The van der Waals surface area contributed by atoms with Gasteiger partial charge in [0.1, 0.15) is 11.6 Å². The number of benzene rings is 1. The molecular weight excluding hydrogens is 361 g/mol. The highest BCUT2D eigenvalue weighted by molar-refractivity contribution is 5.94. The Morgan fingerprint density at radius 2 is 2.00 bits per heavy atom. The normalized spacial score (nSPS) is 19.3. The van der Waals surface area contributed by atoms with Crippen molar-refractivity contribution < 1.29 is 18.7 Å². The van der Waals surface area contributed by atoms with Gasteiger partial charge >= 0.3 is 0 Å². The number of halogens is 1. The van der Waals surface area contributed by atoms with Gasteiger partial charge in [-0.2, -0.15) is 0 Å². The number of likely N-dealkylation sites (tertiary alicyclic amines) is 1. The molecular formula is C21H24FN3O3. The lowest BCUT2D eigenvalue weighted by molar-refractivity contribution is -0.122. The van der Waals surface area contributed by atoms with Gasteiger partial charge < -0.3 is 15.4 Å². The fraction of sp³-hybridized carbons (Fsp3) is 0.381. The molecule has 0 aliphatic carbocycles. The molecule has 1 aromatic heterocycles. The van der Waals surface area contributed by atoms with Gasteiger partial charge in [-0.15, -0.1) is 0 Å². The molecule has 1 aromatic carbocycles. The average molecular weight is 385 g/mol. The highest BCUT2D eigenvalue weighted by Crippen LogP contribution is 2.35. The van der Waals surface area contributed by atoms with Crippen molar-refractivity contribution in [1.29, 1.82) is 0 Å². The van der Waals surface area contributed by atoms with Crippen LogP contribution in [0.25, 0.3) is 0 Å². The van der Waals surface area contributed by atoms with E-state index in [9.17, 15) is 14.0 Å². The van der Waals surface area contributed by atoms with Crippen LogP contribution in [0.15, 0.2) is 42.6 Å². The van der Waals surface area contributed by atoms with Crippen LogP contribution in [0.2, 0.25) is 0 Å². The highest BCUT2D eigenvalue weighted by atomic mass is 19.1. The van der Waals surface area contributed by atoms with Gasteiger partial charge in [-0.05, 0) is 56.2 Å². The van der Waals surface area contributed by atoms with Crippen molar-refractivity contribution in [2.75, 3.05) is 19.7 Å². The van der Waals surface area contributed by atoms with E-state index >= 15 is 0 Å². The van der Waals surface area contributed by atoms with Crippen LogP contribution >= 0.6 is 0 Å². The summed E-state index contributed by atoms with van der Waals surface area (Å²) >= 11 is 0. The minimum absolute atomic E-state index is 0.115. The number of pyridine rings is 1. The van der Waals surface area contributed by atoms with Gasteiger partial charge in [-0.1, -0.05) is 0 Å². The summed E-state index contributed by atoms with van der Waals surface area (Å²) in [6, 6.07) is 9.26. The standard InChI is InChI=1S/C21H24FN3O3/c1-15-3-4-16(12-24-15)20(27)25-10-2-9-21(13-25,11-19(23)26)14-28-18-7-5-17(22)6-8-18/h3-8,12H,2,9-11,13-14H2,1H3,(H2,23,26). The van der Waals surface area contributed by atoms with E-state index in [-0.39, 0.29) is 24.8 Å². The minimum Gasteiger partial charge on any atom is -0.493 e. The number of nitrogens with zero attached hydrogens (tertiary/aromatic N) is 2. The molecule has 6 nitrogen and oxygen atoms in total. The fourth-order valence-electron chi connectivity index (χ4n) is 3.61. The Hall–Kier alpha value is -2.96. The van der Waals surface area contributed by atoms with E-state index in [1.165, 1.54) is 24.3 Å². The Bertz CT molecular complexity index is 839. The van der Waals surface area contributed by atoms with Crippen LogP contribution in [-0.4, -0.2) is 41.4 Å². The predicted molar refractivity (Wildman–Crippen MR) is 102 cm³/mol. The second-order valence-corrected chi connectivity index (χ2v) is 7.40. The molecule has 1 saturated heterocycles. The lowest BCUT2D eigenvalue weighted by atomic mass is 9.77. The topological polar surface area (TPSA) is 85.5 Å². The Morgan fingerprint density at radius 1 is 1.25 bits per heavy atom. The van der Waals surface area contributed by atoms with Gasteiger partial charge in [0.2, 0.25) is 5.91 Å². The van der Waals surface area contributed by atoms with Gasteiger partial charge in [0.25, 0.3) is 5.91 Å². The van der Waals surface area contributed by atoms with Crippen LogP contribution in [-0.2, 0) is 4.79 Å². The van der Waals surface area contributed by atoms with Gasteiger partial charge in [-0.3, -0.25) is 14.6 Å². The molecule has 2 amide bonds. The number of aryl methyl sites for hydroxylation is 1. The summed E-state index contributed by atoms with van der Waals surface area (Å²) in [7, 11) is 0. The Balaban J connectivity index is 1.75. The molecule has 2 heterocycles. The average Bonchev–Trinajstić information content (AvgIpc) is 2.67. The van der Waals surface area contributed by atoms with Crippen molar-refractivity contribution in [3.8, 4) is 5.75 Å². The zero-order valence-corrected chi connectivity index (χ0v) is 15.9. The summed E-state index contributed by atoms with van der Waals surface area (Å²) in [5, 5.41) is 0. The van der Waals surface area contributed by atoms with Crippen molar-refractivity contribution in [3.05, 3.63) is 59.7 Å². The largest absolute Gasteiger partial charge is 0.493 e. The number of hydrogen-bond donors (Lipinski definition) is 1. The lowest BCUT2D eigenvalue weighted by Crippen LogP contribution is -2.50. The molecule has 0 radical (unpaired) electrons. The molecule has 1 fully saturated rings. The Kier molecular flexibility index (Phi) is 5.92. The van der Waals surface area contributed by atoms with E-state index in [2.05, 4.69) is 4.98 Å². The molecule has 2 N–H and O–H groups in total. The van der Waals surface area contributed by atoms with Crippen LogP contribution in [0.4, 0.5) is 4.39 Å². The van der Waals surface area contributed by atoms with Crippen molar-refractivity contribution in [2.45, 2.75) is 26.2 Å². The van der Waals surface area contributed by atoms with E-state index in [1.54, 1.807) is 23.2 Å². The van der Waals surface area contributed by atoms with Gasteiger partial charge in [0, 0.05) is 36.8 Å². The molecule has 0 saturated carbocycles. The van der Waals surface area contributed by atoms with Gasteiger partial charge in [0.15, 0.2) is 0 Å². The molecule has 7 heteroatoms. The van der Waals surface area contributed by atoms with E-state index < -0.39 is 11.3 Å². The molecule has 1 unspecified atom stereocenters. The first-order valence-electron chi connectivity index (χ1n) is 9.26. The maximum Gasteiger partial charge on any atom is 0.255 e. The van der Waals surface area contributed by atoms with Crippen LogP contribution in [0, 0.1) is 18.2 Å². The monoisotopic (exact) mass is 385 g/mol. The number of aromatic nitrogens is 1. The first-order valence-corrected chi connectivity index (χ1v) is 9.26. The lowest BCUT2D eigenvalue weighted by Gasteiger charge is -2.42. The molecule has 148 valence electrons. The third-order valence-electron chi connectivity index (χ3n) is 5.01. The predicted octanol–water partition coefficient (Wildman–Crippen LogP) is 2.71. The number of nitrogens with two attached hydrogens (primary N) is 1. The molecule has 1 aliphatic heterocycles. The van der Waals surface area contributed by atoms with Gasteiger partial charge in [0.05, 0.1) is 12.2 Å². The first-order chi connectivity index (χ1) is 13.4. The molecule has 3 rings (SSSR count). The number of rotatable bonds is 6. The Morgan fingerprint density at radius 3 is 2.64 bits per heavy atom. The van der Waals surface area contributed by atoms with Crippen LogP contribution in [0.3, 0.4) is 0 Å². The van der Waals surface area contributed by atoms with Crippen molar-refractivity contribution in [3.63, 3.8) is 0 Å². The fourth-order valence-corrected chi connectivity index (χ4v) is 3.61. The van der Waals surface area contributed by atoms with Crippen LogP contribution in [0.5, 0.6) is 5.75 Å². The summed E-state index contributed by atoms with van der Waals surface area (Å²) < 4.78 is 18.9. The van der Waals surface area contributed by atoms with Crippen LogP contribution < -0.4 is 10.5 Å². The van der Waals surface area contributed by atoms with Crippen molar-refractivity contribution >= 4 is 11.8 Å². The molecule has 0 spiro atoms. The maximum atomic E-state index is 13.1. The van der Waals surface area contributed by atoms with E-state index in [1.807, 2.05) is 6.92 Å². The summed E-state index contributed by atoms with van der Waals surface area (Å²) in [5.41, 5.74) is 6.26. The number of amides is 2. The van der Waals surface area contributed by atoms with E-state index in [0.29, 0.717) is 30.8 Å². The number of carbonyl (C=O) groups is 2. The highest BCUT2D eigenvalue weighted by Gasteiger charge is 2.39. The minimum atomic E-state index is -0.577. The quantitative estimate of drug-likeness (QED) is 0.828. The number of hydrogen-bond acceptors (Lipinski definition) is 4. The maximum absolute atomic E-state index is 13.1. The van der Waals surface area contributed by atoms with Crippen molar-refractivity contribution in [2.24, 2.45) is 11.1 Å². The molecule has 1 atom stereocenters. The zero-order chi connectivity index (χ0) is 20.1. The Labute approximate surface area is 163 Å². The second kappa shape index (κ2) is 8.37. The summed E-state index contributed by atoms with van der Waals surface area (Å²) in [5.74, 6) is -0.395. The third-order valence-corrected chi connectivity index (χ3v) is 5.01. The number of carbonyl (C=O) groups excluding carboxylic acids is 2. The smallest absolute Gasteiger partial charge is 0.255 e. The zero-order valence-electron chi connectivity index (χ0n) is 15.9. The molecule has 0 bridgehead atoms. The van der Waals surface area contributed by atoms with Crippen LogP contribution in [0.1, 0.15) is 35.3 Å². The summed E-state index contributed by atoms with van der Waals surface area (Å²) in [6.07, 6.45) is 3.14. The molecule has 2 aromatic rings. The summed E-state index contributed by atoms with van der Waals surface area (Å²) in [4.78, 5) is 30.5.